The molecule has 4 heteroatoms. The third kappa shape index (κ3) is 4.02. The molecule has 0 aliphatic heterocycles. The molecule has 0 aliphatic rings. The highest BCUT2D eigenvalue weighted by Crippen LogP contribution is 2.28. The predicted octanol–water partition coefficient (Wildman–Crippen LogP) is 4.06. The minimum Gasteiger partial charge on any atom is -0.481 e. The number of rotatable bonds is 5. The van der Waals surface area contributed by atoms with Crippen molar-refractivity contribution < 1.29 is 9.90 Å². The molecule has 0 heterocycles. The van der Waals surface area contributed by atoms with Crippen LogP contribution in [0.25, 0.3) is 0 Å². The Morgan fingerprint density at radius 2 is 1.90 bits per heavy atom. The third-order valence-electron chi connectivity index (χ3n) is 3.46. The molecular formula is C17H19NO2S. The van der Waals surface area contributed by atoms with Crippen LogP contribution < -0.4 is 5.73 Å². The molecule has 2 aromatic rings. The Morgan fingerprint density at radius 3 is 2.52 bits per heavy atom. The first-order chi connectivity index (χ1) is 9.97. The van der Waals surface area contributed by atoms with Crippen molar-refractivity contribution in [2.45, 2.75) is 30.4 Å². The molecule has 1 atom stereocenters. The number of hydrogen-bond donors (Lipinski definition) is 2. The van der Waals surface area contributed by atoms with E-state index in [0.717, 1.165) is 17.0 Å². The lowest BCUT2D eigenvalue weighted by molar-refractivity contribution is -0.138. The van der Waals surface area contributed by atoms with Crippen molar-refractivity contribution in [2.24, 2.45) is 0 Å². The van der Waals surface area contributed by atoms with Crippen molar-refractivity contribution in [1.29, 1.82) is 0 Å². The van der Waals surface area contributed by atoms with Gasteiger partial charge in [-0.15, -0.1) is 11.8 Å². The molecule has 3 N–H and O–H groups in total. The van der Waals surface area contributed by atoms with Crippen molar-refractivity contribution in [3.8, 4) is 0 Å². The van der Waals surface area contributed by atoms with Crippen molar-refractivity contribution in [2.75, 3.05) is 5.73 Å². The van der Waals surface area contributed by atoms with Gasteiger partial charge in [-0.05, 0) is 42.7 Å². The number of aryl methyl sites for hydroxylation is 1. The van der Waals surface area contributed by atoms with E-state index in [-0.39, 0.29) is 0 Å². The smallest absolute Gasteiger partial charge is 0.310 e. The van der Waals surface area contributed by atoms with Crippen molar-refractivity contribution in [1.82, 2.24) is 0 Å². The Hall–Kier alpha value is -1.94. The topological polar surface area (TPSA) is 63.3 Å². The lowest BCUT2D eigenvalue weighted by atomic mass is 10.0. The molecule has 3 nitrogen and oxygen atoms in total. The number of thioether (sulfide) groups is 1. The second-order valence-electron chi connectivity index (χ2n) is 5.12. The summed E-state index contributed by atoms with van der Waals surface area (Å²) in [5.41, 5.74) is 9.79. The fraction of sp³-hybridized carbons (Fsp3) is 0.235. The molecule has 0 saturated carbocycles. The van der Waals surface area contributed by atoms with Crippen LogP contribution in [-0.4, -0.2) is 11.1 Å². The van der Waals surface area contributed by atoms with Gasteiger partial charge in [-0.3, -0.25) is 4.79 Å². The maximum absolute atomic E-state index is 10.9. The van der Waals surface area contributed by atoms with Crippen LogP contribution >= 0.6 is 11.8 Å². The summed E-state index contributed by atoms with van der Waals surface area (Å²) in [5, 5.41) is 9.00. The SMILES string of the molecule is Cc1ccc(N)cc1SCc1ccc(C(C)C(=O)O)cc1. The summed E-state index contributed by atoms with van der Waals surface area (Å²) in [7, 11) is 0. The summed E-state index contributed by atoms with van der Waals surface area (Å²) in [6.07, 6.45) is 0. The minimum absolute atomic E-state index is 0.470. The zero-order valence-corrected chi connectivity index (χ0v) is 13.0. The maximum atomic E-state index is 10.9. The molecule has 0 bridgehead atoms. The molecule has 1 unspecified atom stereocenters. The molecule has 21 heavy (non-hydrogen) atoms. The molecular weight excluding hydrogens is 282 g/mol. The first-order valence-electron chi connectivity index (χ1n) is 6.78. The Labute approximate surface area is 129 Å². The molecule has 0 spiro atoms. The molecule has 0 aromatic heterocycles. The van der Waals surface area contributed by atoms with Gasteiger partial charge in [-0.1, -0.05) is 30.3 Å². The standard InChI is InChI=1S/C17H19NO2S/c1-11-3-8-15(18)9-16(11)21-10-13-4-6-14(7-5-13)12(2)17(19)20/h3-9,12H,10,18H2,1-2H3,(H,19,20). The van der Waals surface area contributed by atoms with E-state index in [0.29, 0.717) is 0 Å². The lowest BCUT2D eigenvalue weighted by Gasteiger charge is -2.09. The van der Waals surface area contributed by atoms with Gasteiger partial charge in [0, 0.05) is 16.3 Å². The fourth-order valence-electron chi connectivity index (χ4n) is 1.98. The van der Waals surface area contributed by atoms with Gasteiger partial charge in [0.2, 0.25) is 0 Å². The van der Waals surface area contributed by atoms with E-state index in [1.165, 1.54) is 16.0 Å². The summed E-state index contributed by atoms with van der Waals surface area (Å²) in [5.74, 6) is -0.429. The van der Waals surface area contributed by atoms with Gasteiger partial charge in [0.05, 0.1) is 5.92 Å². The van der Waals surface area contributed by atoms with Crippen molar-refractivity contribution in [3.63, 3.8) is 0 Å². The van der Waals surface area contributed by atoms with Crippen molar-refractivity contribution >= 4 is 23.4 Å². The van der Waals surface area contributed by atoms with Gasteiger partial charge < -0.3 is 10.8 Å². The lowest BCUT2D eigenvalue weighted by Crippen LogP contribution is -2.07. The van der Waals surface area contributed by atoms with E-state index < -0.39 is 11.9 Å². The highest BCUT2D eigenvalue weighted by molar-refractivity contribution is 7.98. The number of aliphatic carboxylic acids is 1. The molecule has 110 valence electrons. The Kier molecular flexibility index (Phi) is 4.91. The largest absolute Gasteiger partial charge is 0.481 e. The van der Waals surface area contributed by atoms with Crippen LogP contribution in [0.2, 0.25) is 0 Å². The van der Waals surface area contributed by atoms with Crippen LogP contribution in [0.5, 0.6) is 0 Å². The van der Waals surface area contributed by atoms with Gasteiger partial charge in [-0.2, -0.15) is 0 Å². The molecule has 2 aromatic carbocycles. The Balaban J connectivity index is 2.04. The summed E-state index contributed by atoms with van der Waals surface area (Å²) in [6.45, 7) is 3.77. The number of nitrogen functional groups attached to an aromatic ring is 1. The number of hydrogen-bond acceptors (Lipinski definition) is 3. The zero-order valence-electron chi connectivity index (χ0n) is 12.2. The number of nitrogens with two attached hydrogens (primary N) is 1. The molecule has 0 radical (unpaired) electrons. The Morgan fingerprint density at radius 1 is 1.24 bits per heavy atom. The second-order valence-corrected chi connectivity index (χ2v) is 6.13. The summed E-state index contributed by atoms with van der Waals surface area (Å²) in [4.78, 5) is 12.1. The minimum atomic E-state index is -0.799. The highest BCUT2D eigenvalue weighted by atomic mass is 32.2. The fourth-order valence-corrected chi connectivity index (χ4v) is 3.01. The van der Waals surface area contributed by atoms with E-state index in [2.05, 4.69) is 6.92 Å². The van der Waals surface area contributed by atoms with Crippen molar-refractivity contribution in [3.05, 3.63) is 59.2 Å². The molecule has 0 saturated heterocycles. The number of carboxylic acids is 1. The Bertz CT molecular complexity index is 638. The molecule has 0 aliphatic carbocycles. The average Bonchev–Trinajstić information content (AvgIpc) is 2.48. The maximum Gasteiger partial charge on any atom is 0.310 e. The van der Waals surface area contributed by atoms with Gasteiger partial charge in [0.15, 0.2) is 0 Å². The van der Waals surface area contributed by atoms with E-state index >= 15 is 0 Å². The van der Waals surface area contributed by atoms with Gasteiger partial charge in [0.1, 0.15) is 0 Å². The zero-order chi connectivity index (χ0) is 15.4. The summed E-state index contributed by atoms with van der Waals surface area (Å²) in [6, 6.07) is 13.7. The first kappa shape index (κ1) is 15.4. The molecule has 0 fully saturated rings. The van der Waals surface area contributed by atoms with Gasteiger partial charge >= 0.3 is 5.97 Å². The van der Waals surface area contributed by atoms with Gasteiger partial charge in [-0.25, -0.2) is 0 Å². The van der Waals surface area contributed by atoms with Crippen LogP contribution in [-0.2, 0) is 10.5 Å². The summed E-state index contributed by atoms with van der Waals surface area (Å²) < 4.78 is 0. The average molecular weight is 301 g/mol. The predicted molar refractivity (Wildman–Crippen MR) is 87.6 cm³/mol. The number of anilines is 1. The number of benzene rings is 2. The second kappa shape index (κ2) is 6.68. The number of carbonyl (C=O) groups is 1. The van der Waals surface area contributed by atoms with E-state index in [1.54, 1.807) is 18.7 Å². The van der Waals surface area contributed by atoms with Crippen LogP contribution in [0.15, 0.2) is 47.4 Å². The van der Waals surface area contributed by atoms with E-state index in [4.69, 9.17) is 10.8 Å². The van der Waals surface area contributed by atoms with E-state index in [9.17, 15) is 4.79 Å². The van der Waals surface area contributed by atoms with E-state index in [1.807, 2.05) is 42.5 Å². The monoisotopic (exact) mass is 301 g/mol. The van der Waals surface area contributed by atoms with Crippen LogP contribution in [0.3, 0.4) is 0 Å². The normalized spacial score (nSPS) is 12.1. The van der Waals surface area contributed by atoms with Gasteiger partial charge in [0.25, 0.3) is 0 Å². The molecule has 2 rings (SSSR count). The van der Waals surface area contributed by atoms with Crippen LogP contribution in [0, 0.1) is 6.92 Å². The summed E-state index contributed by atoms with van der Waals surface area (Å²) >= 11 is 1.74. The highest BCUT2D eigenvalue weighted by Gasteiger charge is 2.13. The molecule has 0 amide bonds. The first-order valence-corrected chi connectivity index (χ1v) is 7.76. The third-order valence-corrected chi connectivity index (χ3v) is 4.69. The van der Waals surface area contributed by atoms with Crippen LogP contribution in [0.4, 0.5) is 5.69 Å². The van der Waals surface area contributed by atoms with Crippen LogP contribution in [0.1, 0.15) is 29.5 Å². The number of carboxylic acid groups (broad SMARTS) is 1. The quantitative estimate of drug-likeness (QED) is 0.646.